The average molecular weight is 170 g/mol. The summed E-state index contributed by atoms with van der Waals surface area (Å²) in [6, 6.07) is -0.490. The van der Waals surface area contributed by atoms with Crippen molar-refractivity contribution in [2.24, 2.45) is 5.73 Å². The quantitative estimate of drug-likeness (QED) is 0.578. The van der Waals surface area contributed by atoms with E-state index in [1.807, 2.05) is 0 Å². The number of carbonyl (C=O) groups excluding carboxylic acids is 2. The Hall–Kier alpha value is -0.900. The predicted octanol–water partition coefficient (Wildman–Crippen LogP) is -0.475. The third kappa shape index (κ3) is 2.04. The van der Waals surface area contributed by atoms with Crippen LogP contribution in [0.15, 0.2) is 0 Å². The Kier molecular flexibility index (Phi) is 2.81. The van der Waals surface area contributed by atoms with Crippen LogP contribution >= 0.6 is 0 Å². The summed E-state index contributed by atoms with van der Waals surface area (Å²) >= 11 is 0. The molecule has 0 bridgehead atoms. The van der Waals surface area contributed by atoms with Crippen molar-refractivity contribution < 1.29 is 9.59 Å². The number of piperidine rings is 1. The van der Waals surface area contributed by atoms with Crippen molar-refractivity contribution in [1.29, 1.82) is 0 Å². The molecular formula is C8H14N2O2. The Morgan fingerprint density at radius 2 is 2.33 bits per heavy atom. The number of carbonyl (C=O) groups is 2. The predicted molar refractivity (Wildman–Crippen MR) is 44.5 cm³/mol. The molecular weight excluding hydrogens is 156 g/mol. The Bertz CT molecular complexity index is 201. The zero-order valence-corrected chi connectivity index (χ0v) is 7.25. The first-order valence-corrected chi connectivity index (χ1v) is 4.17. The highest BCUT2D eigenvalue weighted by Gasteiger charge is 2.23. The van der Waals surface area contributed by atoms with Gasteiger partial charge in [0.05, 0.1) is 12.6 Å². The Morgan fingerprint density at radius 1 is 1.67 bits per heavy atom. The summed E-state index contributed by atoms with van der Waals surface area (Å²) in [6.45, 7) is 2.56. The second kappa shape index (κ2) is 3.67. The number of nitrogens with zero attached hydrogens (tertiary/aromatic N) is 1. The summed E-state index contributed by atoms with van der Waals surface area (Å²) in [4.78, 5) is 23.8. The van der Waals surface area contributed by atoms with Gasteiger partial charge in [-0.25, -0.2) is 0 Å². The normalized spacial score (nSPS) is 20.8. The van der Waals surface area contributed by atoms with E-state index in [0.29, 0.717) is 13.0 Å². The van der Waals surface area contributed by atoms with Crippen molar-refractivity contribution in [2.45, 2.75) is 25.8 Å². The van der Waals surface area contributed by atoms with E-state index in [1.165, 1.54) is 4.90 Å². The number of hydrogen-bond donors (Lipinski definition) is 1. The second-order valence-electron chi connectivity index (χ2n) is 3.19. The van der Waals surface area contributed by atoms with E-state index in [1.54, 1.807) is 6.92 Å². The highest BCUT2D eigenvalue weighted by Crippen LogP contribution is 2.06. The number of hydrogen-bond acceptors (Lipinski definition) is 3. The van der Waals surface area contributed by atoms with Crippen LogP contribution in [0.4, 0.5) is 0 Å². The molecule has 1 atom stereocenters. The van der Waals surface area contributed by atoms with Crippen LogP contribution in [0.25, 0.3) is 0 Å². The van der Waals surface area contributed by atoms with E-state index in [4.69, 9.17) is 5.73 Å². The topological polar surface area (TPSA) is 63.4 Å². The van der Waals surface area contributed by atoms with Crippen LogP contribution in [0.3, 0.4) is 0 Å². The number of likely N-dealkylation sites (tertiary alicyclic amines) is 1. The molecule has 0 aromatic rings. The molecule has 12 heavy (non-hydrogen) atoms. The highest BCUT2D eigenvalue weighted by molar-refractivity contribution is 5.89. The maximum atomic E-state index is 11.3. The van der Waals surface area contributed by atoms with E-state index in [-0.39, 0.29) is 18.2 Å². The van der Waals surface area contributed by atoms with Crippen LogP contribution in [0.1, 0.15) is 19.8 Å². The summed E-state index contributed by atoms with van der Waals surface area (Å²) < 4.78 is 0. The van der Waals surface area contributed by atoms with Crippen LogP contribution in [0.2, 0.25) is 0 Å². The van der Waals surface area contributed by atoms with Gasteiger partial charge in [-0.05, 0) is 13.3 Å². The van der Waals surface area contributed by atoms with Crippen LogP contribution in [0, 0.1) is 0 Å². The summed E-state index contributed by atoms with van der Waals surface area (Å²) in [5, 5.41) is 0. The molecule has 0 aromatic carbocycles. The fourth-order valence-corrected chi connectivity index (χ4v) is 1.31. The van der Waals surface area contributed by atoms with Gasteiger partial charge < -0.3 is 10.6 Å². The van der Waals surface area contributed by atoms with E-state index in [9.17, 15) is 9.59 Å². The number of nitrogens with two attached hydrogens (primary N) is 1. The molecule has 0 aliphatic carbocycles. The molecule has 1 aliphatic rings. The van der Waals surface area contributed by atoms with Gasteiger partial charge in [0.2, 0.25) is 5.91 Å². The van der Waals surface area contributed by atoms with Gasteiger partial charge in [0, 0.05) is 13.0 Å². The van der Waals surface area contributed by atoms with Gasteiger partial charge in [0.15, 0.2) is 5.78 Å². The van der Waals surface area contributed by atoms with E-state index in [2.05, 4.69) is 0 Å². The van der Waals surface area contributed by atoms with Gasteiger partial charge in [-0.1, -0.05) is 0 Å². The maximum absolute atomic E-state index is 11.3. The molecule has 1 heterocycles. The Labute approximate surface area is 71.7 Å². The molecule has 1 saturated heterocycles. The van der Waals surface area contributed by atoms with Crippen molar-refractivity contribution in [3.63, 3.8) is 0 Å². The summed E-state index contributed by atoms with van der Waals surface area (Å²) in [7, 11) is 0. The van der Waals surface area contributed by atoms with Gasteiger partial charge >= 0.3 is 0 Å². The molecule has 0 aromatic heterocycles. The Morgan fingerprint density at radius 3 is 2.83 bits per heavy atom. The van der Waals surface area contributed by atoms with Crippen LogP contribution < -0.4 is 5.73 Å². The molecule has 4 heteroatoms. The maximum Gasteiger partial charge on any atom is 0.239 e. The summed E-state index contributed by atoms with van der Waals surface area (Å²) in [5.74, 6) is 0.0123. The third-order valence-electron chi connectivity index (χ3n) is 1.95. The van der Waals surface area contributed by atoms with Crippen molar-refractivity contribution in [1.82, 2.24) is 4.90 Å². The smallest absolute Gasteiger partial charge is 0.239 e. The molecule has 1 aliphatic heterocycles. The largest absolute Gasteiger partial charge is 0.334 e. The fraction of sp³-hybridized carbons (Fsp3) is 0.750. The molecule has 0 radical (unpaired) electrons. The number of ketones is 1. The van der Waals surface area contributed by atoms with Gasteiger partial charge in [-0.3, -0.25) is 9.59 Å². The zero-order chi connectivity index (χ0) is 9.14. The second-order valence-corrected chi connectivity index (χ2v) is 3.19. The molecule has 1 amide bonds. The minimum atomic E-state index is -0.490. The molecule has 1 fully saturated rings. The first kappa shape index (κ1) is 9.19. The minimum Gasteiger partial charge on any atom is -0.334 e. The van der Waals surface area contributed by atoms with Crippen molar-refractivity contribution in [3.8, 4) is 0 Å². The average Bonchev–Trinajstić information content (AvgIpc) is 2.03. The molecule has 2 N–H and O–H groups in total. The lowest BCUT2D eigenvalue weighted by atomic mass is 10.1. The summed E-state index contributed by atoms with van der Waals surface area (Å²) in [5.41, 5.74) is 5.41. The molecule has 68 valence electrons. The molecule has 4 nitrogen and oxygen atoms in total. The lowest BCUT2D eigenvalue weighted by Gasteiger charge is -2.27. The van der Waals surface area contributed by atoms with Crippen LogP contribution in [0.5, 0.6) is 0 Å². The number of Topliss-reactive ketones (excluding diaryl/α,β-unsaturated/α-hetero) is 1. The molecule has 1 unspecified atom stereocenters. The van der Waals surface area contributed by atoms with Crippen LogP contribution in [-0.4, -0.2) is 35.7 Å². The van der Waals surface area contributed by atoms with Crippen molar-refractivity contribution in [3.05, 3.63) is 0 Å². The van der Waals surface area contributed by atoms with Gasteiger partial charge in [0.25, 0.3) is 0 Å². The van der Waals surface area contributed by atoms with E-state index >= 15 is 0 Å². The molecule has 1 rings (SSSR count). The SMILES string of the molecule is CC(N)C(=O)N1CCCC(=O)C1. The van der Waals surface area contributed by atoms with Gasteiger partial charge in [-0.15, -0.1) is 0 Å². The third-order valence-corrected chi connectivity index (χ3v) is 1.95. The minimum absolute atomic E-state index is 0.122. The van der Waals surface area contributed by atoms with Gasteiger partial charge in [0.1, 0.15) is 0 Å². The molecule has 0 saturated carbocycles. The number of rotatable bonds is 1. The van der Waals surface area contributed by atoms with E-state index in [0.717, 1.165) is 6.42 Å². The van der Waals surface area contributed by atoms with Crippen molar-refractivity contribution >= 4 is 11.7 Å². The van der Waals surface area contributed by atoms with Crippen LogP contribution in [-0.2, 0) is 9.59 Å². The van der Waals surface area contributed by atoms with Gasteiger partial charge in [-0.2, -0.15) is 0 Å². The fourth-order valence-electron chi connectivity index (χ4n) is 1.31. The summed E-state index contributed by atoms with van der Waals surface area (Å²) in [6.07, 6.45) is 1.38. The van der Waals surface area contributed by atoms with E-state index < -0.39 is 6.04 Å². The zero-order valence-electron chi connectivity index (χ0n) is 7.25. The lowest BCUT2D eigenvalue weighted by Crippen LogP contribution is -2.47. The number of amides is 1. The highest BCUT2D eigenvalue weighted by atomic mass is 16.2. The standard InChI is InChI=1S/C8H14N2O2/c1-6(9)8(12)10-4-2-3-7(11)5-10/h6H,2-5,9H2,1H3. The lowest BCUT2D eigenvalue weighted by molar-refractivity contribution is -0.138. The Balaban J connectivity index is 2.51. The molecule has 0 spiro atoms. The first-order chi connectivity index (χ1) is 5.61. The van der Waals surface area contributed by atoms with Crippen molar-refractivity contribution in [2.75, 3.05) is 13.1 Å². The monoisotopic (exact) mass is 170 g/mol. The first-order valence-electron chi connectivity index (χ1n) is 4.17.